The fraction of sp³-hybridized carbons (Fsp3) is 0.158. The van der Waals surface area contributed by atoms with E-state index < -0.39 is 0 Å². The smallest absolute Gasteiger partial charge is 0.255 e. The Morgan fingerprint density at radius 1 is 1.17 bits per heavy atom. The summed E-state index contributed by atoms with van der Waals surface area (Å²) in [5, 5.41) is 3.83. The molecule has 122 valence electrons. The minimum atomic E-state index is -0.190. The lowest BCUT2D eigenvalue weighted by Crippen LogP contribution is -2.23. The van der Waals surface area contributed by atoms with E-state index >= 15 is 0 Å². The van der Waals surface area contributed by atoms with Crippen LogP contribution in [0.5, 0.6) is 5.75 Å². The summed E-state index contributed by atoms with van der Waals surface area (Å²) in [5.74, 6) is 0.354. The van der Waals surface area contributed by atoms with Crippen LogP contribution < -0.4 is 15.6 Å². The van der Waals surface area contributed by atoms with Crippen LogP contribution in [-0.2, 0) is 6.54 Å². The molecule has 0 fully saturated rings. The Morgan fingerprint density at radius 2 is 1.96 bits per heavy atom. The zero-order valence-corrected chi connectivity index (χ0v) is 13.6. The van der Waals surface area contributed by atoms with E-state index in [1.54, 1.807) is 32.2 Å². The van der Waals surface area contributed by atoms with Crippen LogP contribution in [0.25, 0.3) is 10.9 Å². The van der Waals surface area contributed by atoms with E-state index in [2.05, 4.69) is 10.3 Å². The van der Waals surface area contributed by atoms with Crippen molar-refractivity contribution in [1.82, 2.24) is 10.3 Å². The zero-order chi connectivity index (χ0) is 17.1. The van der Waals surface area contributed by atoms with Gasteiger partial charge in [0.25, 0.3) is 11.5 Å². The minimum absolute atomic E-state index is 0.0836. The Labute approximate surface area is 139 Å². The van der Waals surface area contributed by atoms with Gasteiger partial charge < -0.3 is 15.0 Å². The lowest BCUT2D eigenvalue weighted by molar-refractivity contribution is 0.0948. The quantitative estimate of drug-likeness (QED) is 0.776. The highest BCUT2D eigenvalue weighted by Crippen LogP contribution is 2.18. The predicted molar refractivity (Wildman–Crippen MR) is 93.5 cm³/mol. The number of ether oxygens (including phenoxy) is 1. The maximum absolute atomic E-state index is 12.3. The molecule has 0 atom stereocenters. The number of rotatable bonds is 4. The largest absolute Gasteiger partial charge is 0.496 e. The van der Waals surface area contributed by atoms with Crippen molar-refractivity contribution in [2.24, 2.45) is 0 Å². The summed E-state index contributed by atoms with van der Waals surface area (Å²) >= 11 is 0. The maximum Gasteiger partial charge on any atom is 0.255 e. The van der Waals surface area contributed by atoms with E-state index in [0.717, 1.165) is 16.5 Å². The first-order valence-corrected chi connectivity index (χ1v) is 7.62. The van der Waals surface area contributed by atoms with Crippen LogP contribution in [0.2, 0.25) is 0 Å². The number of carbonyl (C=O) groups is 1. The fourth-order valence-electron chi connectivity index (χ4n) is 2.58. The molecule has 24 heavy (non-hydrogen) atoms. The molecule has 0 aliphatic heterocycles. The number of aryl methyl sites for hydroxylation is 1. The van der Waals surface area contributed by atoms with Gasteiger partial charge in [-0.2, -0.15) is 0 Å². The number of H-pyrrole nitrogens is 1. The van der Waals surface area contributed by atoms with Crippen LogP contribution in [0.4, 0.5) is 0 Å². The number of aromatic amines is 1. The lowest BCUT2D eigenvalue weighted by atomic mass is 10.1. The van der Waals surface area contributed by atoms with Crippen molar-refractivity contribution in [2.75, 3.05) is 7.11 Å². The van der Waals surface area contributed by atoms with Crippen LogP contribution in [0, 0.1) is 6.92 Å². The third kappa shape index (κ3) is 3.15. The third-order valence-electron chi connectivity index (χ3n) is 3.90. The Balaban J connectivity index is 1.79. The van der Waals surface area contributed by atoms with Crippen molar-refractivity contribution in [1.29, 1.82) is 0 Å². The molecule has 2 aromatic carbocycles. The van der Waals surface area contributed by atoms with E-state index in [0.29, 0.717) is 23.4 Å². The molecule has 0 unspecified atom stereocenters. The van der Waals surface area contributed by atoms with Gasteiger partial charge in [-0.1, -0.05) is 18.2 Å². The fourth-order valence-corrected chi connectivity index (χ4v) is 2.58. The number of methoxy groups -OCH3 is 1. The molecule has 1 aromatic heterocycles. The Hall–Kier alpha value is -3.08. The van der Waals surface area contributed by atoms with Gasteiger partial charge >= 0.3 is 0 Å². The Bertz CT molecular complexity index is 960. The Kier molecular flexibility index (Phi) is 4.33. The number of para-hydroxylation sites is 1. The highest BCUT2D eigenvalue weighted by atomic mass is 16.5. The average molecular weight is 322 g/mol. The minimum Gasteiger partial charge on any atom is -0.496 e. The Morgan fingerprint density at radius 3 is 2.75 bits per heavy atom. The average Bonchev–Trinajstić information content (AvgIpc) is 2.60. The molecular weight excluding hydrogens is 304 g/mol. The topological polar surface area (TPSA) is 71.2 Å². The molecule has 0 saturated carbocycles. The van der Waals surface area contributed by atoms with Gasteiger partial charge in [-0.15, -0.1) is 0 Å². The van der Waals surface area contributed by atoms with Gasteiger partial charge in [0.15, 0.2) is 0 Å². The summed E-state index contributed by atoms with van der Waals surface area (Å²) in [6.07, 6.45) is 0. The summed E-state index contributed by atoms with van der Waals surface area (Å²) in [4.78, 5) is 26.8. The standard InChI is InChI=1S/C19H18N2O3/c1-12-9-14-10-13(7-8-16(14)21-18(12)22)11-20-19(23)15-5-3-4-6-17(15)24-2/h3-10H,11H2,1-2H3,(H,20,23)(H,21,22). The monoisotopic (exact) mass is 322 g/mol. The van der Waals surface area contributed by atoms with Crippen molar-refractivity contribution in [3.05, 3.63) is 75.6 Å². The van der Waals surface area contributed by atoms with Gasteiger partial charge in [0.05, 0.1) is 12.7 Å². The second kappa shape index (κ2) is 6.58. The molecule has 2 N–H and O–H groups in total. The van der Waals surface area contributed by atoms with Crippen molar-refractivity contribution in [2.45, 2.75) is 13.5 Å². The number of benzene rings is 2. The molecule has 3 aromatic rings. The van der Waals surface area contributed by atoms with Crippen molar-refractivity contribution in [3.63, 3.8) is 0 Å². The molecule has 1 heterocycles. The van der Waals surface area contributed by atoms with E-state index in [4.69, 9.17) is 4.74 Å². The van der Waals surface area contributed by atoms with Crippen LogP contribution >= 0.6 is 0 Å². The van der Waals surface area contributed by atoms with Gasteiger partial charge in [-0.05, 0) is 48.2 Å². The van der Waals surface area contributed by atoms with Gasteiger partial charge in [0, 0.05) is 17.6 Å². The third-order valence-corrected chi connectivity index (χ3v) is 3.90. The van der Waals surface area contributed by atoms with Crippen molar-refractivity contribution >= 4 is 16.8 Å². The first kappa shape index (κ1) is 15.8. The van der Waals surface area contributed by atoms with Gasteiger partial charge in [0.1, 0.15) is 5.75 Å². The van der Waals surface area contributed by atoms with Crippen LogP contribution in [-0.4, -0.2) is 18.0 Å². The first-order valence-electron chi connectivity index (χ1n) is 7.62. The molecule has 1 amide bonds. The second-order valence-corrected chi connectivity index (χ2v) is 5.59. The van der Waals surface area contributed by atoms with E-state index in [1.807, 2.05) is 30.3 Å². The van der Waals surface area contributed by atoms with Gasteiger partial charge in [-0.25, -0.2) is 0 Å². The van der Waals surface area contributed by atoms with Crippen LogP contribution in [0.3, 0.4) is 0 Å². The van der Waals surface area contributed by atoms with Crippen molar-refractivity contribution in [3.8, 4) is 5.75 Å². The number of aromatic nitrogens is 1. The zero-order valence-electron chi connectivity index (χ0n) is 13.6. The molecule has 0 spiro atoms. The summed E-state index contributed by atoms with van der Waals surface area (Å²) in [7, 11) is 1.54. The summed E-state index contributed by atoms with van der Waals surface area (Å²) in [6, 6.07) is 14.6. The summed E-state index contributed by atoms with van der Waals surface area (Å²) in [5.41, 5.74) is 2.82. The highest BCUT2D eigenvalue weighted by molar-refractivity contribution is 5.96. The predicted octanol–water partition coefficient (Wildman–Crippen LogP) is 2.78. The number of amides is 1. The number of pyridine rings is 1. The van der Waals surface area contributed by atoms with Gasteiger partial charge in [-0.3, -0.25) is 9.59 Å². The molecular formula is C19H18N2O3. The van der Waals surface area contributed by atoms with Gasteiger partial charge in [0.2, 0.25) is 0 Å². The van der Waals surface area contributed by atoms with E-state index in [9.17, 15) is 9.59 Å². The van der Waals surface area contributed by atoms with E-state index in [-0.39, 0.29) is 11.5 Å². The van der Waals surface area contributed by atoms with Crippen LogP contribution in [0.15, 0.2) is 53.3 Å². The maximum atomic E-state index is 12.3. The number of fused-ring (bicyclic) bond motifs is 1. The first-order chi connectivity index (χ1) is 11.6. The summed E-state index contributed by atoms with van der Waals surface area (Å²) < 4.78 is 5.21. The van der Waals surface area contributed by atoms with E-state index in [1.165, 1.54) is 0 Å². The molecule has 0 aliphatic rings. The second-order valence-electron chi connectivity index (χ2n) is 5.59. The van der Waals surface area contributed by atoms with Crippen LogP contribution in [0.1, 0.15) is 21.5 Å². The number of hydrogen-bond donors (Lipinski definition) is 2. The molecule has 0 bridgehead atoms. The molecule has 0 aliphatic carbocycles. The number of hydrogen-bond acceptors (Lipinski definition) is 3. The molecule has 3 rings (SSSR count). The van der Waals surface area contributed by atoms with Crippen molar-refractivity contribution < 1.29 is 9.53 Å². The number of nitrogens with one attached hydrogen (secondary N) is 2. The lowest BCUT2D eigenvalue weighted by Gasteiger charge is -2.10. The molecule has 0 saturated heterocycles. The number of carbonyl (C=O) groups excluding carboxylic acids is 1. The normalized spacial score (nSPS) is 10.6. The highest BCUT2D eigenvalue weighted by Gasteiger charge is 2.11. The molecule has 0 radical (unpaired) electrons. The molecule has 5 nitrogen and oxygen atoms in total. The molecule has 5 heteroatoms. The SMILES string of the molecule is COc1ccccc1C(=O)NCc1ccc2[nH]c(=O)c(C)cc2c1. The summed E-state index contributed by atoms with van der Waals surface area (Å²) in [6.45, 7) is 2.17.